The van der Waals surface area contributed by atoms with Crippen LogP contribution in [-0.4, -0.2) is 15.0 Å². The van der Waals surface area contributed by atoms with E-state index in [1.54, 1.807) is 0 Å². The van der Waals surface area contributed by atoms with Crippen molar-refractivity contribution in [2.24, 2.45) is 0 Å². The number of aryl methyl sites for hydroxylation is 1. The minimum Gasteiger partial charge on any atom is -0.208 e. The Kier molecular flexibility index (Phi) is 6.69. The molecule has 3 nitrogen and oxygen atoms in total. The molecule has 0 aliphatic carbocycles. The number of fused-ring (bicyclic) bond motifs is 3. The van der Waals surface area contributed by atoms with Gasteiger partial charge >= 0.3 is 0 Å². The second-order valence-corrected chi connectivity index (χ2v) is 11.3. The van der Waals surface area contributed by atoms with Gasteiger partial charge in [0.2, 0.25) is 0 Å². The lowest BCUT2D eigenvalue weighted by Gasteiger charge is -2.17. The van der Waals surface area contributed by atoms with Crippen LogP contribution in [0, 0.1) is 6.92 Å². The van der Waals surface area contributed by atoms with Gasteiger partial charge in [0.05, 0.1) is 0 Å². The lowest BCUT2D eigenvalue weighted by atomic mass is 9.87. The van der Waals surface area contributed by atoms with Crippen molar-refractivity contribution in [3.63, 3.8) is 0 Å². The molecule has 8 aromatic rings. The highest BCUT2D eigenvalue weighted by molar-refractivity contribution is 6.16. The van der Waals surface area contributed by atoms with Crippen LogP contribution in [0.1, 0.15) is 5.56 Å². The van der Waals surface area contributed by atoms with Crippen LogP contribution in [0.3, 0.4) is 0 Å². The SMILES string of the molecule is Cc1c(-c2cc(-c3ccccc3)cc(-c3nc(-c4ccccc4)nc(-c4ccccc4)n3)c2)c2ccccc2c2ccccc12. The highest BCUT2D eigenvalue weighted by Gasteiger charge is 2.18. The van der Waals surface area contributed by atoms with E-state index in [0.717, 1.165) is 33.4 Å². The van der Waals surface area contributed by atoms with E-state index in [1.165, 1.54) is 32.7 Å². The van der Waals surface area contributed by atoms with E-state index in [-0.39, 0.29) is 0 Å². The molecule has 1 heterocycles. The molecule has 0 saturated heterocycles. The van der Waals surface area contributed by atoms with Crippen LogP contribution in [0.15, 0.2) is 158 Å². The molecule has 3 heteroatoms. The van der Waals surface area contributed by atoms with E-state index in [0.29, 0.717) is 17.5 Å². The molecule has 7 aromatic carbocycles. The average Bonchev–Trinajstić information content (AvgIpc) is 3.12. The second-order valence-electron chi connectivity index (χ2n) is 11.3. The van der Waals surface area contributed by atoms with Gasteiger partial charge in [0.25, 0.3) is 0 Å². The molecule has 8 rings (SSSR count). The maximum atomic E-state index is 5.08. The molecule has 0 amide bonds. The molecule has 0 atom stereocenters. The highest BCUT2D eigenvalue weighted by atomic mass is 15.0. The molecular weight excluding hydrogens is 546 g/mol. The van der Waals surface area contributed by atoms with E-state index < -0.39 is 0 Å². The monoisotopic (exact) mass is 575 g/mol. The third kappa shape index (κ3) is 4.95. The lowest BCUT2D eigenvalue weighted by Crippen LogP contribution is -2.00. The first-order valence-corrected chi connectivity index (χ1v) is 15.2. The quantitative estimate of drug-likeness (QED) is 0.192. The summed E-state index contributed by atoms with van der Waals surface area (Å²) in [6.45, 7) is 2.24. The number of nitrogens with zero attached hydrogens (tertiary/aromatic N) is 3. The van der Waals surface area contributed by atoms with Gasteiger partial charge in [-0.15, -0.1) is 0 Å². The van der Waals surface area contributed by atoms with Crippen molar-refractivity contribution in [1.29, 1.82) is 0 Å². The first-order valence-electron chi connectivity index (χ1n) is 15.2. The molecule has 212 valence electrons. The summed E-state index contributed by atoms with van der Waals surface area (Å²) in [5.74, 6) is 1.95. The van der Waals surface area contributed by atoms with Gasteiger partial charge in [-0.1, -0.05) is 140 Å². The Morgan fingerprint density at radius 3 is 1.24 bits per heavy atom. The molecule has 0 bridgehead atoms. The predicted molar refractivity (Wildman–Crippen MR) is 187 cm³/mol. The van der Waals surface area contributed by atoms with Gasteiger partial charge in [-0.3, -0.25) is 0 Å². The number of aromatic nitrogens is 3. The van der Waals surface area contributed by atoms with Gasteiger partial charge in [0.15, 0.2) is 17.5 Å². The third-order valence-corrected chi connectivity index (χ3v) is 8.48. The Balaban J connectivity index is 1.43. The topological polar surface area (TPSA) is 38.7 Å². The first-order chi connectivity index (χ1) is 22.2. The molecule has 1 aromatic heterocycles. The van der Waals surface area contributed by atoms with Crippen molar-refractivity contribution in [2.45, 2.75) is 6.92 Å². The van der Waals surface area contributed by atoms with Crippen LogP contribution in [0.5, 0.6) is 0 Å². The van der Waals surface area contributed by atoms with Crippen molar-refractivity contribution in [3.8, 4) is 56.4 Å². The van der Waals surface area contributed by atoms with Crippen molar-refractivity contribution in [3.05, 3.63) is 163 Å². The molecule has 0 N–H and O–H groups in total. The van der Waals surface area contributed by atoms with E-state index >= 15 is 0 Å². The van der Waals surface area contributed by atoms with Gasteiger partial charge < -0.3 is 0 Å². The molecule has 0 spiro atoms. The Morgan fingerprint density at radius 1 is 0.311 bits per heavy atom. The zero-order valence-electron chi connectivity index (χ0n) is 24.9. The fourth-order valence-electron chi connectivity index (χ4n) is 6.33. The molecule has 0 aliphatic rings. The summed E-state index contributed by atoms with van der Waals surface area (Å²) in [5, 5.41) is 5.01. The summed E-state index contributed by atoms with van der Waals surface area (Å²) >= 11 is 0. The standard InChI is InChI=1S/C42H29N3/c1-28-35-21-11-12-22-36(35)37-23-13-14-24-38(37)39(28)33-25-32(29-15-5-2-6-16-29)26-34(27-33)42-44-40(30-17-7-3-8-18-30)43-41(45-42)31-19-9-4-10-20-31/h2-27H,1H3. The summed E-state index contributed by atoms with van der Waals surface area (Å²) in [6, 6.07) is 55.0. The van der Waals surface area contributed by atoms with Crippen LogP contribution < -0.4 is 0 Å². The Labute approximate surface area is 262 Å². The number of hydrogen-bond donors (Lipinski definition) is 0. The number of benzene rings is 7. The highest BCUT2D eigenvalue weighted by Crippen LogP contribution is 2.41. The van der Waals surface area contributed by atoms with Gasteiger partial charge in [0, 0.05) is 16.7 Å². The van der Waals surface area contributed by atoms with E-state index in [4.69, 9.17) is 15.0 Å². The zero-order valence-corrected chi connectivity index (χ0v) is 24.9. The molecule has 45 heavy (non-hydrogen) atoms. The van der Waals surface area contributed by atoms with E-state index in [9.17, 15) is 0 Å². The minimum atomic E-state index is 0.643. The predicted octanol–water partition coefficient (Wildman–Crippen LogP) is 10.8. The normalized spacial score (nSPS) is 11.2. The maximum absolute atomic E-state index is 5.08. The summed E-state index contributed by atoms with van der Waals surface area (Å²) in [5.41, 5.74) is 8.72. The number of hydrogen-bond acceptors (Lipinski definition) is 3. The fourth-order valence-corrected chi connectivity index (χ4v) is 6.33. The lowest BCUT2D eigenvalue weighted by molar-refractivity contribution is 1.07. The molecule has 0 radical (unpaired) electrons. The average molecular weight is 576 g/mol. The van der Waals surface area contributed by atoms with Gasteiger partial charge in [-0.05, 0) is 74.5 Å². The largest absolute Gasteiger partial charge is 0.208 e. The van der Waals surface area contributed by atoms with Crippen molar-refractivity contribution in [2.75, 3.05) is 0 Å². The van der Waals surface area contributed by atoms with Gasteiger partial charge in [0.1, 0.15) is 0 Å². The van der Waals surface area contributed by atoms with Crippen LogP contribution in [0.4, 0.5) is 0 Å². The molecular formula is C42H29N3. The first kappa shape index (κ1) is 26.7. The summed E-state index contributed by atoms with van der Waals surface area (Å²) in [7, 11) is 0. The molecule has 0 unspecified atom stereocenters. The Hall–Kier alpha value is -5.93. The van der Waals surface area contributed by atoms with Crippen molar-refractivity contribution >= 4 is 21.5 Å². The molecule has 0 fully saturated rings. The summed E-state index contributed by atoms with van der Waals surface area (Å²) in [4.78, 5) is 15.1. The Morgan fingerprint density at radius 2 is 0.689 bits per heavy atom. The van der Waals surface area contributed by atoms with Crippen LogP contribution >= 0.6 is 0 Å². The van der Waals surface area contributed by atoms with Gasteiger partial charge in [-0.2, -0.15) is 0 Å². The van der Waals surface area contributed by atoms with Crippen LogP contribution in [0.2, 0.25) is 0 Å². The smallest absolute Gasteiger partial charge is 0.164 e. The van der Waals surface area contributed by atoms with Gasteiger partial charge in [-0.25, -0.2) is 15.0 Å². The second kappa shape index (κ2) is 11.3. The third-order valence-electron chi connectivity index (χ3n) is 8.48. The summed E-state index contributed by atoms with van der Waals surface area (Å²) < 4.78 is 0. The van der Waals surface area contributed by atoms with Crippen LogP contribution in [0.25, 0.3) is 78.0 Å². The summed E-state index contributed by atoms with van der Waals surface area (Å²) in [6.07, 6.45) is 0. The van der Waals surface area contributed by atoms with Crippen molar-refractivity contribution in [1.82, 2.24) is 15.0 Å². The van der Waals surface area contributed by atoms with Crippen molar-refractivity contribution < 1.29 is 0 Å². The minimum absolute atomic E-state index is 0.643. The zero-order chi connectivity index (χ0) is 30.2. The Bertz CT molecular complexity index is 2250. The van der Waals surface area contributed by atoms with E-state index in [2.05, 4.69) is 104 Å². The maximum Gasteiger partial charge on any atom is 0.164 e. The molecule has 0 saturated carbocycles. The molecule has 0 aliphatic heterocycles. The number of rotatable bonds is 5. The van der Waals surface area contributed by atoms with E-state index in [1.807, 2.05) is 60.7 Å². The van der Waals surface area contributed by atoms with Crippen LogP contribution in [-0.2, 0) is 0 Å². The fraction of sp³-hybridized carbons (Fsp3) is 0.0238.